The molecule has 0 aliphatic carbocycles. The van der Waals surface area contributed by atoms with Gasteiger partial charge in [-0.3, -0.25) is 9.59 Å². The van der Waals surface area contributed by atoms with Crippen molar-refractivity contribution in [1.29, 1.82) is 0 Å². The van der Waals surface area contributed by atoms with E-state index in [1.54, 1.807) is 0 Å². The van der Waals surface area contributed by atoms with E-state index in [-0.39, 0.29) is 25.2 Å². The van der Waals surface area contributed by atoms with Gasteiger partial charge >= 0.3 is 11.9 Å². The summed E-state index contributed by atoms with van der Waals surface area (Å²) in [5.41, 5.74) is 0. The Labute approximate surface area is 425 Å². The highest BCUT2D eigenvalue weighted by molar-refractivity contribution is 5.70. The quantitative estimate of drug-likeness (QED) is 0.0374. The number of allylic oxidation sites excluding steroid dienone is 22. The second-order valence-corrected chi connectivity index (χ2v) is 18.3. The average molecular weight is 954 g/mol. The highest BCUT2D eigenvalue weighted by Crippen LogP contribution is 2.15. The molecule has 0 rings (SSSR count). The molecule has 1 N–H and O–H groups in total. The van der Waals surface area contributed by atoms with Gasteiger partial charge in [0.25, 0.3) is 0 Å². The monoisotopic (exact) mass is 953 g/mol. The van der Waals surface area contributed by atoms with Gasteiger partial charge in [-0.1, -0.05) is 263 Å². The number of carbonyl (C=O) groups excluding carboxylic acids is 2. The second kappa shape index (κ2) is 58.4. The van der Waals surface area contributed by atoms with Crippen LogP contribution in [0.1, 0.15) is 239 Å². The van der Waals surface area contributed by atoms with Crippen molar-refractivity contribution in [1.82, 2.24) is 0 Å². The molecule has 0 radical (unpaired) electrons. The van der Waals surface area contributed by atoms with Gasteiger partial charge in [-0.15, -0.1) is 0 Å². The van der Waals surface area contributed by atoms with Crippen molar-refractivity contribution in [3.8, 4) is 0 Å². The van der Waals surface area contributed by atoms with Gasteiger partial charge in [0, 0.05) is 12.8 Å². The van der Waals surface area contributed by atoms with Crippen LogP contribution in [-0.4, -0.2) is 36.4 Å². The predicted octanol–water partition coefficient (Wildman–Crippen LogP) is 19.2. The zero-order chi connectivity index (χ0) is 49.9. The highest BCUT2D eigenvalue weighted by atomic mass is 16.6. The lowest BCUT2D eigenvalue weighted by atomic mass is 10.0. The topological polar surface area (TPSA) is 72.8 Å². The Balaban J connectivity index is 3.64. The molecule has 1 unspecified atom stereocenters. The van der Waals surface area contributed by atoms with Crippen LogP contribution in [0.4, 0.5) is 0 Å². The minimum absolute atomic E-state index is 0.0785. The Morgan fingerprint density at radius 3 is 0.942 bits per heavy atom. The maximum atomic E-state index is 12.3. The van der Waals surface area contributed by atoms with E-state index in [0.29, 0.717) is 12.8 Å². The number of carbonyl (C=O) groups is 2. The Hall–Kier alpha value is -3.96. The maximum Gasteiger partial charge on any atom is 0.306 e. The first-order valence-corrected chi connectivity index (χ1v) is 28.2. The third-order valence-electron chi connectivity index (χ3n) is 11.7. The van der Waals surface area contributed by atoms with Crippen LogP contribution < -0.4 is 0 Å². The summed E-state index contributed by atoms with van der Waals surface area (Å²) in [7, 11) is 0. The van der Waals surface area contributed by atoms with Gasteiger partial charge < -0.3 is 14.6 Å². The summed E-state index contributed by atoms with van der Waals surface area (Å²) in [6, 6.07) is 0. The molecule has 0 aliphatic rings. The highest BCUT2D eigenvalue weighted by Gasteiger charge is 2.16. The van der Waals surface area contributed by atoms with E-state index in [9.17, 15) is 14.7 Å². The van der Waals surface area contributed by atoms with Gasteiger partial charge in [-0.25, -0.2) is 0 Å². The summed E-state index contributed by atoms with van der Waals surface area (Å²) in [4.78, 5) is 24.5. The van der Waals surface area contributed by atoms with E-state index in [4.69, 9.17) is 9.47 Å². The normalized spacial score (nSPS) is 13.3. The fourth-order valence-corrected chi connectivity index (χ4v) is 7.50. The molecule has 0 fully saturated rings. The number of hydrogen-bond donors (Lipinski definition) is 1. The lowest BCUT2D eigenvalue weighted by Gasteiger charge is -2.15. The van der Waals surface area contributed by atoms with Crippen molar-refractivity contribution in [2.45, 2.75) is 245 Å². The first kappa shape index (κ1) is 65.0. The summed E-state index contributed by atoms with van der Waals surface area (Å²) in [6.07, 6.45) is 87.0. The third kappa shape index (κ3) is 56.5. The molecular weight excluding hydrogens is 849 g/mol. The van der Waals surface area contributed by atoms with Crippen molar-refractivity contribution < 1.29 is 24.2 Å². The zero-order valence-electron chi connectivity index (χ0n) is 44.5. The molecule has 0 amide bonds. The molecule has 390 valence electrons. The number of aliphatic hydroxyl groups excluding tert-OH is 1. The van der Waals surface area contributed by atoms with E-state index in [2.05, 4.69) is 148 Å². The second-order valence-electron chi connectivity index (χ2n) is 18.3. The standard InChI is InChI=1S/C64H104O5/c1-3-5-7-9-11-13-15-17-19-21-22-23-24-25-26-27-28-29-30-31-32-33-34-35-36-37-38-39-40-41-42-43-45-47-49-51-53-55-57-59-64(67)69-62(60-65)61-68-63(66)58-56-54-52-50-48-46-44-20-18-16-14-12-10-8-6-4-2/h5,7,11,13,17,19,22-23,25-26,28-29,31-32,34-35,37-38,40-41,43,45,62,65H,3-4,6,8-10,12,14-16,18,20-21,24,27,30,33,36,39,42,44,46-61H2,1-2H3/b7-5-,13-11-,19-17-,23-22-,26-25-,29-28-,32-31-,35-34-,38-37-,41-40-,45-43-. The minimum Gasteiger partial charge on any atom is -0.462 e. The molecule has 5 nitrogen and oxygen atoms in total. The van der Waals surface area contributed by atoms with Crippen molar-refractivity contribution >= 4 is 11.9 Å². The largest absolute Gasteiger partial charge is 0.462 e. The zero-order valence-corrected chi connectivity index (χ0v) is 44.5. The summed E-state index contributed by atoms with van der Waals surface area (Å²) in [6.45, 7) is 4.01. The Bertz CT molecular complexity index is 1450. The molecule has 0 saturated heterocycles. The van der Waals surface area contributed by atoms with Gasteiger partial charge in [-0.2, -0.15) is 0 Å². The van der Waals surface area contributed by atoms with E-state index in [1.165, 1.54) is 83.5 Å². The van der Waals surface area contributed by atoms with Gasteiger partial charge in [0.15, 0.2) is 6.10 Å². The van der Waals surface area contributed by atoms with Gasteiger partial charge in [0.05, 0.1) is 6.61 Å². The number of aliphatic hydroxyl groups is 1. The van der Waals surface area contributed by atoms with Crippen molar-refractivity contribution in [2.75, 3.05) is 13.2 Å². The third-order valence-corrected chi connectivity index (χ3v) is 11.7. The molecule has 0 aromatic rings. The molecule has 0 heterocycles. The minimum atomic E-state index is -0.789. The van der Waals surface area contributed by atoms with Gasteiger partial charge in [0.1, 0.15) is 6.61 Å². The van der Waals surface area contributed by atoms with Crippen LogP contribution in [0.15, 0.2) is 134 Å². The van der Waals surface area contributed by atoms with Crippen molar-refractivity contribution in [2.24, 2.45) is 0 Å². The fourth-order valence-electron chi connectivity index (χ4n) is 7.50. The van der Waals surface area contributed by atoms with Crippen LogP contribution in [0.5, 0.6) is 0 Å². The maximum absolute atomic E-state index is 12.3. The number of esters is 2. The van der Waals surface area contributed by atoms with Crippen molar-refractivity contribution in [3.63, 3.8) is 0 Å². The molecule has 1 atom stereocenters. The van der Waals surface area contributed by atoms with Gasteiger partial charge in [0.2, 0.25) is 0 Å². The molecule has 0 aromatic carbocycles. The van der Waals surface area contributed by atoms with Crippen LogP contribution in [0.3, 0.4) is 0 Å². The summed E-state index contributed by atoms with van der Waals surface area (Å²) in [5.74, 6) is -0.615. The van der Waals surface area contributed by atoms with Crippen LogP contribution in [0.2, 0.25) is 0 Å². The lowest BCUT2D eigenvalue weighted by Crippen LogP contribution is -2.28. The molecule has 0 bridgehead atoms. The molecular formula is C64H104O5. The average Bonchev–Trinajstić information content (AvgIpc) is 3.35. The summed E-state index contributed by atoms with van der Waals surface area (Å²) >= 11 is 0. The predicted molar refractivity (Wildman–Crippen MR) is 301 cm³/mol. The van der Waals surface area contributed by atoms with Crippen LogP contribution in [0, 0.1) is 0 Å². The van der Waals surface area contributed by atoms with Crippen molar-refractivity contribution in [3.05, 3.63) is 134 Å². The molecule has 0 saturated carbocycles. The first-order chi connectivity index (χ1) is 34.1. The SMILES string of the molecule is CC/C=C\C/C=C\C/C=C\C/C=C\C/C=C\C/C=C\C/C=C\C/C=C\C/C=C\C/C=C\C/C=C\CCCCCCCC(=O)OC(CO)COC(=O)CCCCCCCCCCCCCCCCCC. The molecule has 5 heteroatoms. The smallest absolute Gasteiger partial charge is 0.306 e. The van der Waals surface area contributed by atoms with E-state index < -0.39 is 6.10 Å². The lowest BCUT2D eigenvalue weighted by molar-refractivity contribution is -0.161. The number of hydrogen-bond acceptors (Lipinski definition) is 5. The molecule has 0 spiro atoms. The van der Waals surface area contributed by atoms with E-state index in [0.717, 1.165) is 128 Å². The Morgan fingerprint density at radius 2 is 0.623 bits per heavy atom. The summed E-state index contributed by atoms with van der Waals surface area (Å²) < 4.78 is 10.7. The molecule has 0 aliphatic heterocycles. The Kier molecular flexibility index (Phi) is 55.0. The van der Waals surface area contributed by atoms with Crippen LogP contribution in [0.25, 0.3) is 0 Å². The van der Waals surface area contributed by atoms with Crippen LogP contribution in [-0.2, 0) is 19.1 Å². The summed E-state index contributed by atoms with van der Waals surface area (Å²) in [5, 5.41) is 9.63. The van der Waals surface area contributed by atoms with E-state index in [1.807, 2.05) is 0 Å². The fraction of sp³-hybridized carbons (Fsp3) is 0.625. The number of unbranched alkanes of at least 4 members (excludes halogenated alkanes) is 20. The van der Waals surface area contributed by atoms with Crippen LogP contribution >= 0.6 is 0 Å². The number of ether oxygens (including phenoxy) is 2. The van der Waals surface area contributed by atoms with Gasteiger partial charge in [-0.05, 0) is 96.3 Å². The Morgan fingerprint density at radius 1 is 0.348 bits per heavy atom. The molecule has 69 heavy (non-hydrogen) atoms. The van der Waals surface area contributed by atoms with E-state index >= 15 is 0 Å². The number of rotatable bonds is 50. The molecule has 0 aromatic heterocycles. The first-order valence-electron chi connectivity index (χ1n) is 28.2.